The molecular formula is C13H12FNO2. The molecule has 0 amide bonds. The van der Waals surface area contributed by atoms with Crippen molar-refractivity contribution in [3.63, 3.8) is 0 Å². The largest absolute Gasteiger partial charge is 0.436 e. The highest BCUT2D eigenvalue weighted by Gasteiger charge is 2.05. The minimum absolute atomic E-state index is 0.129. The quantitative estimate of drug-likeness (QED) is 0.885. The summed E-state index contributed by atoms with van der Waals surface area (Å²) in [5, 5.41) is 9.31. The van der Waals surface area contributed by atoms with Crippen molar-refractivity contribution in [1.82, 2.24) is 4.98 Å². The predicted octanol–water partition coefficient (Wildman–Crippen LogP) is 3.07. The number of ether oxygens (including phenoxy) is 1. The molecule has 0 fully saturated rings. The molecule has 1 N–H and O–H groups in total. The Hall–Kier alpha value is -1.94. The molecule has 17 heavy (non-hydrogen) atoms. The Morgan fingerprint density at radius 3 is 2.59 bits per heavy atom. The number of hydrogen-bond acceptors (Lipinski definition) is 3. The van der Waals surface area contributed by atoms with E-state index in [-0.39, 0.29) is 5.75 Å². The van der Waals surface area contributed by atoms with Crippen LogP contribution < -0.4 is 4.74 Å². The van der Waals surface area contributed by atoms with Gasteiger partial charge in [-0.3, -0.25) is 0 Å². The van der Waals surface area contributed by atoms with Crippen LogP contribution in [0.3, 0.4) is 0 Å². The fourth-order valence-electron chi connectivity index (χ4n) is 1.34. The standard InChI is InChI=1S/C13H12FNO2/c1-9(16)10-6-7-13(15-8-10)17-12-5-3-2-4-11(12)14/h2-9,16H,1H3/t9-/m1/s1. The van der Waals surface area contributed by atoms with Gasteiger partial charge in [0.15, 0.2) is 11.6 Å². The summed E-state index contributed by atoms with van der Waals surface area (Å²) in [6.45, 7) is 1.65. The zero-order valence-electron chi connectivity index (χ0n) is 9.30. The lowest BCUT2D eigenvalue weighted by Gasteiger charge is -2.07. The van der Waals surface area contributed by atoms with Gasteiger partial charge in [0.1, 0.15) is 0 Å². The van der Waals surface area contributed by atoms with Crippen LogP contribution in [0, 0.1) is 5.82 Å². The summed E-state index contributed by atoms with van der Waals surface area (Å²) in [5.74, 6) is -0.0156. The Kier molecular flexibility index (Phi) is 3.35. The van der Waals surface area contributed by atoms with Crippen LogP contribution in [0.1, 0.15) is 18.6 Å². The number of rotatable bonds is 3. The van der Waals surface area contributed by atoms with Crippen LogP contribution in [0.25, 0.3) is 0 Å². The zero-order valence-corrected chi connectivity index (χ0v) is 9.30. The summed E-state index contributed by atoms with van der Waals surface area (Å²) in [5.41, 5.74) is 0.686. The number of nitrogens with zero attached hydrogens (tertiary/aromatic N) is 1. The SMILES string of the molecule is C[C@@H](O)c1ccc(Oc2ccccc2F)nc1. The maximum absolute atomic E-state index is 13.3. The summed E-state index contributed by atoms with van der Waals surface area (Å²) in [6, 6.07) is 9.40. The van der Waals surface area contributed by atoms with Crippen molar-refractivity contribution in [3.05, 3.63) is 54.0 Å². The number of aliphatic hydroxyl groups is 1. The molecule has 1 aromatic carbocycles. The van der Waals surface area contributed by atoms with Gasteiger partial charge in [-0.15, -0.1) is 0 Å². The molecule has 1 atom stereocenters. The van der Waals surface area contributed by atoms with Crippen molar-refractivity contribution >= 4 is 0 Å². The van der Waals surface area contributed by atoms with Gasteiger partial charge in [-0.1, -0.05) is 12.1 Å². The summed E-state index contributed by atoms with van der Waals surface area (Å²) < 4.78 is 18.6. The van der Waals surface area contributed by atoms with E-state index in [4.69, 9.17) is 4.74 Å². The molecular weight excluding hydrogens is 221 g/mol. The van der Waals surface area contributed by atoms with Crippen LogP contribution in [0.5, 0.6) is 11.6 Å². The van der Waals surface area contributed by atoms with Gasteiger partial charge < -0.3 is 9.84 Å². The Labute approximate surface area is 98.5 Å². The number of aromatic nitrogens is 1. The monoisotopic (exact) mass is 233 g/mol. The molecule has 2 aromatic rings. The Morgan fingerprint density at radius 2 is 2.00 bits per heavy atom. The molecule has 2 rings (SSSR count). The van der Waals surface area contributed by atoms with E-state index >= 15 is 0 Å². The van der Waals surface area contributed by atoms with E-state index in [1.165, 1.54) is 18.3 Å². The Balaban J connectivity index is 2.17. The molecule has 0 aliphatic rings. The predicted molar refractivity (Wildman–Crippen MR) is 61.3 cm³/mol. The third-order valence-corrected chi connectivity index (χ3v) is 2.29. The van der Waals surface area contributed by atoms with E-state index in [1.54, 1.807) is 31.2 Å². The number of para-hydroxylation sites is 1. The molecule has 0 bridgehead atoms. The topological polar surface area (TPSA) is 42.4 Å². The van der Waals surface area contributed by atoms with Gasteiger partial charge in [0.25, 0.3) is 0 Å². The second-order valence-corrected chi connectivity index (χ2v) is 3.64. The Bertz CT molecular complexity index is 497. The molecule has 0 spiro atoms. The molecule has 88 valence electrons. The molecule has 0 aliphatic carbocycles. The lowest BCUT2D eigenvalue weighted by molar-refractivity contribution is 0.198. The van der Waals surface area contributed by atoms with E-state index in [9.17, 15) is 9.50 Å². The first-order valence-electron chi connectivity index (χ1n) is 5.23. The van der Waals surface area contributed by atoms with Gasteiger partial charge >= 0.3 is 0 Å². The van der Waals surface area contributed by atoms with Crippen molar-refractivity contribution in [1.29, 1.82) is 0 Å². The van der Waals surface area contributed by atoms with Gasteiger partial charge in [0.05, 0.1) is 6.10 Å². The van der Waals surface area contributed by atoms with Crippen LogP contribution in [0.2, 0.25) is 0 Å². The Morgan fingerprint density at radius 1 is 1.24 bits per heavy atom. The maximum Gasteiger partial charge on any atom is 0.219 e. The average Bonchev–Trinajstić information content (AvgIpc) is 2.33. The normalized spacial score (nSPS) is 12.2. The van der Waals surface area contributed by atoms with E-state index in [2.05, 4.69) is 4.98 Å². The van der Waals surface area contributed by atoms with Crippen molar-refractivity contribution in [2.24, 2.45) is 0 Å². The highest BCUT2D eigenvalue weighted by atomic mass is 19.1. The van der Waals surface area contributed by atoms with Crippen LogP contribution in [0.4, 0.5) is 4.39 Å². The average molecular weight is 233 g/mol. The first-order chi connectivity index (χ1) is 8.16. The molecule has 0 saturated heterocycles. The number of pyridine rings is 1. The fourth-order valence-corrected chi connectivity index (χ4v) is 1.34. The van der Waals surface area contributed by atoms with E-state index < -0.39 is 11.9 Å². The first-order valence-corrected chi connectivity index (χ1v) is 5.23. The maximum atomic E-state index is 13.3. The molecule has 1 heterocycles. The second kappa shape index (κ2) is 4.93. The minimum atomic E-state index is -0.579. The van der Waals surface area contributed by atoms with Crippen molar-refractivity contribution in [2.75, 3.05) is 0 Å². The van der Waals surface area contributed by atoms with Crippen LogP contribution in [0.15, 0.2) is 42.6 Å². The van der Waals surface area contributed by atoms with E-state index in [0.29, 0.717) is 11.4 Å². The summed E-state index contributed by atoms with van der Waals surface area (Å²) in [4.78, 5) is 3.99. The summed E-state index contributed by atoms with van der Waals surface area (Å²) >= 11 is 0. The van der Waals surface area contributed by atoms with Crippen LogP contribution in [-0.4, -0.2) is 10.1 Å². The zero-order chi connectivity index (χ0) is 12.3. The highest BCUT2D eigenvalue weighted by molar-refractivity contribution is 5.29. The van der Waals surface area contributed by atoms with Gasteiger partial charge in [-0.05, 0) is 30.7 Å². The number of aliphatic hydroxyl groups excluding tert-OH is 1. The highest BCUT2D eigenvalue weighted by Crippen LogP contribution is 2.23. The third kappa shape index (κ3) is 2.79. The molecule has 0 aliphatic heterocycles. The van der Waals surface area contributed by atoms with Gasteiger partial charge in [0.2, 0.25) is 5.88 Å². The van der Waals surface area contributed by atoms with Crippen LogP contribution >= 0.6 is 0 Å². The van der Waals surface area contributed by atoms with Crippen molar-refractivity contribution < 1.29 is 14.2 Å². The van der Waals surface area contributed by atoms with E-state index in [1.807, 2.05) is 0 Å². The lowest BCUT2D eigenvalue weighted by Crippen LogP contribution is -1.94. The molecule has 1 aromatic heterocycles. The van der Waals surface area contributed by atoms with Gasteiger partial charge in [-0.2, -0.15) is 0 Å². The van der Waals surface area contributed by atoms with Crippen molar-refractivity contribution in [3.8, 4) is 11.6 Å². The molecule has 0 unspecified atom stereocenters. The molecule has 3 nitrogen and oxygen atoms in total. The number of hydrogen-bond donors (Lipinski definition) is 1. The second-order valence-electron chi connectivity index (χ2n) is 3.64. The van der Waals surface area contributed by atoms with Gasteiger partial charge in [0, 0.05) is 12.3 Å². The first kappa shape index (κ1) is 11.5. The van der Waals surface area contributed by atoms with Crippen molar-refractivity contribution in [2.45, 2.75) is 13.0 Å². The molecule has 4 heteroatoms. The smallest absolute Gasteiger partial charge is 0.219 e. The van der Waals surface area contributed by atoms with E-state index in [0.717, 1.165) is 0 Å². The lowest BCUT2D eigenvalue weighted by atomic mass is 10.2. The minimum Gasteiger partial charge on any atom is -0.436 e. The summed E-state index contributed by atoms with van der Waals surface area (Å²) in [7, 11) is 0. The fraction of sp³-hybridized carbons (Fsp3) is 0.154. The third-order valence-electron chi connectivity index (χ3n) is 2.29. The molecule has 0 saturated carbocycles. The summed E-state index contributed by atoms with van der Waals surface area (Å²) in [6.07, 6.45) is 0.922. The number of benzene rings is 1. The van der Waals surface area contributed by atoms with Gasteiger partial charge in [-0.25, -0.2) is 9.37 Å². The number of halogens is 1. The van der Waals surface area contributed by atoms with Crippen LogP contribution in [-0.2, 0) is 0 Å². The molecule has 0 radical (unpaired) electrons.